The topological polar surface area (TPSA) is 74.7 Å². The average molecular weight is 288 g/mol. The summed E-state index contributed by atoms with van der Waals surface area (Å²) in [5.41, 5.74) is 7.86. The highest BCUT2D eigenvalue weighted by Crippen LogP contribution is 2.17. The van der Waals surface area contributed by atoms with Crippen LogP contribution in [0.1, 0.15) is 18.2 Å². The number of benzene rings is 1. The predicted molar refractivity (Wildman–Crippen MR) is 79.9 cm³/mol. The molecule has 0 radical (unpaired) electrons. The Morgan fingerprint density at radius 3 is 2.67 bits per heavy atom. The van der Waals surface area contributed by atoms with E-state index in [0.717, 1.165) is 17.8 Å². The van der Waals surface area contributed by atoms with Gasteiger partial charge in [0, 0.05) is 25.0 Å². The highest BCUT2D eigenvalue weighted by atomic mass is 19.1. The fourth-order valence-corrected chi connectivity index (χ4v) is 2.02. The number of nitrogens with zero attached hydrogens (tertiary/aromatic N) is 3. The highest BCUT2D eigenvalue weighted by molar-refractivity contribution is 5.95. The van der Waals surface area contributed by atoms with Gasteiger partial charge in [-0.15, -0.1) is 0 Å². The van der Waals surface area contributed by atoms with E-state index in [1.54, 1.807) is 24.4 Å². The summed E-state index contributed by atoms with van der Waals surface area (Å²) in [4.78, 5) is 6.13. The highest BCUT2D eigenvalue weighted by Gasteiger charge is 2.08. The maximum absolute atomic E-state index is 13.0. The van der Waals surface area contributed by atoms with Gasteiger partial charge in [-0.3, -0.25) is 4.98 Å². The second-order valence-electron chi connectivity index (χ2n) is 4.53. The van der Waals surface area contributed by atoms with Gasteiger partial charge in [0.15, 0.2) is 5.84 Å². The van der Waals surface area contributed by atoms with Crippen LogP contribution in [0.5, 0.6) is 0 Å². The minimum atomic E-state index is -0.257. The maximum Gasteiger partial charge on any atom is 0.188 e. The third kappa shape index (κ3) is 3.68. The first-order chi connectivity index (χ1) is 10.1. The zero-order valence-corrected chi connectivity index (χ0v) is 11.7. The Bertz CT molecular complexity index is 628. The second-order valence-corrected chi connectivity index (χ2v) is 4.53. The van der Waals surface area contributed by atoms with Crippen LogP contribution in [0.15, 0.2) is 47.8 Å². The molecule has 0 bridgehead atoms. The van der Waals surface area contributed by atoms with Crippen LogP contribution in [-0.2, 0) is 6.54 Å². The van der Waals surface area contributed by atoms with Gasteiger partial charge in [0.05, 0.1) is 0 Å². The van der Waals surface area contributed by atoms with E-state index in [9.17, 15) is 4.39 Å². The molecule has 0 spiro atoms. The van der Waals surface area contributed by atoms with Gasteiger partial charge in [-0.2, -0.15) is 0 Å². The normalized spacial score (nSPS) is 11.4. The molecule has 0 aliphatic rings. The van der Waals surface area contributed by atoms with Gasteiger partial charge >= 0.3 is 0 Å². The van der Waals surface area contributed by atoms with E-state index in [2.05, 4.69) is 15.0 Å². The number of hydrogen-bond acceptors (Lipinski definition) is 4. The van der Waals surface area contributed by atoms with Crippen molar-refractivity contribution in [2.75, 3.05) is 11.4 Å². The molecule has 0 fully saturated rings. The molecule has 21 heavy (non-hydrogen) atoms. The van der Waals surface area contributed by atoms with Crippen molar-refractivity contribution in [1.29, 1.82) is 0 Å². The van der Waals surface area contributed by atoms with Crippen molar-refractivity contribution in [3.8, 4) is 0 Å². The molecule has 0 saturated carbocycles. The third-order valence-electron chi connectivity index (χ3n) is 3.14. The number of halogens is 1. The fourth-order valence-electron chi connectivity index (χ4n) is 2.02. The number of oxime groups is 1. The molecule has 110 valence electrons. The molecular formula is C15H17FN4O. The van der Waals surface area contributed by atoms with Gasteiger partial charge in [0.25, 0.3) is 0 Å². The summed E-state index contributed by atoms with van der Waals surface area (Å²) >= 11 is 0. The monoisotopic (exact) mass is 288 g/mol. The summed E-state index contributed by atoms with van der Waals surface area (Å²) in [6.07, 6.45) is 1.61. The molecule has 1 aromatic carbocycles. The Labute approximate surface area is 122 Å². The summed E-state index contributed by atoms with van der Waals surface area (Å²) in [5, 5.41) is 11.6. The first-order valence-electron chi connectivity index (χ1n) is 6.57. The van der Waals surface area contributed by atoms with Crippen molar-refractivity contribution in [2.45, 2.75) is 13.5 Å². The van der Waals surface area contributed by atoms with Crippen molar-refractivity contribution in [3.63, 3.8) is 0 Å². The smallest absolute Gasteiger partial charge is 0.188 e. The number of anilines is 1. The predicted octanol–water partition coefficient (Wildman–Crippen LogP) is 2.34. The zero-order chi connectivity index (χ0) is 15.2. The zero-order valence-electron chi connectivity index (χ0n) is 11.7. The average Bonchev–Trinajstić information content (AvgIpc) is 2.53. The van der Waals surface area contributed by atoms with Crippen LogP contribution < -0.4 is 10.6 Å². The molecule has 0 saturated heterocycles. The number of aromatic nitrogens is 1. The van der Waals surface area contributed by atoms with E-state index < -0.39 is 0 Å². The Morgan fingerprint density at radius 1 is 1.33 bits per heavy atom. The Hall–Kier alpha value is -2.63. The molecule has 1 heterocycles. The largest absolute Gasteiger partial charge is 0.409 e. The molecule has 0 unspecified atom stereocenters. The van der Waals surface area contributed by atoms with E-state index in [1.165, 1.54) is 12.1 Å². The molecule has 2 rings (SSSR count). The van der Waals surface area contributed by atoms with E-state index in [1.807, 2.05) is 13.0 Å². The van der Waals surface area contributed by atoms with Crippen LogP contribution >= 0.6 is 0 Å². The maximum atomic E-state index is 13.0. The molecule has 5 nitrogen and oxygen atoms in total. The lowest BCUT2D eigenvalue weighted by atomic mass is 10.2. The van der Waals surface area contributed by atoms with Crippen molar-refractivity contribution in [3.05, 3.63) is 59.7 Å². The fraction of sp³-hybridized carbons (Fsp3) is 0.200. The lowest BCUT2D eigenvalue weighted by Crippen LogP contribution is -2.22. The van der Waals surface area contributed by atoms with Crippen molar-refractivity contribution in [2.24, 2.45) is 10.9 Å². The summed E-state index contributed by atoms with van der Waals surface area (Å²) < 4.78 is 13.0. The third-order valence-corrected chi connectivity index (χ3v) is 3.14. The Kier molecular flexibility index (Phi) is 4.71. The SMILES string of the molecule is CCN(Cc1ccnc(C(N)=NO)c1)c1ccc(F)cc1. The van der Waals surface area contributed by atoms with Gasteiger partial charge in [-0.05, 0) is 48.9 Å². The van der Waals surface area contributed by atoms with Crippen LogP contribution in [0.2, 0.25) is 0 Å². The Morgan fingerprint density at radius 2 is 2.05 bits per heavy atom. The van der Waals surface area contributed by atoms with Gasteiger partial charge in [-0.1, -0.05) is 5.16 Å². The second kappa shape index (κ2) is 6.69. The summed E-state index contributed by atoms with van der Waals surface area (Å²) in [6, 6.07) is 9.98. The van der Waals surface area contributed by atoms with Crippen molar-refractivity contribution < 1.29 is 9.60 Å². The van der Waals surface area contributed by atoms with Crippen LogP contribution in [0, 0.1) is 5.82 Å². The van der Waals surface area contributed by atoms with Gasteiger partial charge in [0.2, 0.25) is 0 Å². The van der Waals surface area contributed by atoms with Gasteiger partial charge < -0.3 is 15.8 Å². The van der Waals surface area contributed by atoms with Crippen LogP contribution in [0.3, 0.4) is 0 Å². The first kappa shape index (κ1) is 14.8. The molecule has 0 aliphatic carbocycles. The van der Waals surface area contributed by atoms with Crippen LogP contribution in [-0.4, -0.2) is 22.6 Å². The quantitative estimate of drug-likeness (QED) is 0.383. The standard InChI is InChI=1S/C15H17FN4O/c1-2-20(13-5-3-12(16)4-6-13)10-11-7-8-18-14(9-11)15(17)19-21/h3-9,21H,2,10H2,1H3,(H2,17,19). The lowest BCUT2D eigenvalue weighted by Gasteiger charge is -2.23. The lowest BCUT2D eigenvalue weighted by molar-refractivity contribution is 0.318. The van der Waals surface area contributed by atoms with E-state index in [-0.39, 0.29) is 11.7 Å². The van der Waals surface area contributed by atoms with Crippen molar-refractivity contribution >= 4 is 11.5 Å². The van der Waals surface area contributed by atoms with E-state index >= 15 is 0 Å². The van der Waals surface area contributed by atoms with E-state index in [4.69, 9.17) is 10.9 Å². The molecule has 6 heteroatoms. The molecule has 0 amide bonds. The molecule has 1 aromatic heterocycles. The number of amidine groups is 1. The van der Waals surface area contributed by atoms with Crippen LogP contribution in [0.25, 0.3) is 0 Å². The van der Waals surface area contributed by atoms with Gasteiger partial charge in [0.1, 0.15) is 11.5 Å². The van der Waals surface area contributed by atoms with Crippen molar-refractivity contribution in [1.82, 2.24) is 4.98 Å². The first-order valence-corrected chi connectivity index (χ1v) is 6.57. The van der Waals surface area contributed by atoms with Gasteiger partial charge in [-0.25, -0.2) is 4.39 Å². The molecule has 0 atom stereocenters. The summed E-state index contributed by atoms with van der Waals surface area (Å²) in [6.45, 7) is 3.41. The molecular weight excluding hydrogens is 271 g/mol. The minimum Gasteiger partial charge on any atom is -0.409 e. The number of pyridine rings is 1. The summed E-state index contributed by atoms with van der Waals surface area (Å²) in [5.74, 6) is -0.283. The number of nitrogens with two attached hydrogens (primary N) is 1. The molecule has 2 aromatic rings. The summed E-state index contributed by atoms with van der Waals surface area (Å²) in [7, 11) is 0. The number of rotatable bonds is 5. The van der Waals surface area contributed by atoms with E-state index in [0.29, 0.717) is 12.2 Å². The van der Waals surface area contributed by atoms with Crippen LogP contribution in [0.4, 0.5) is 10.1 Å². The minimum absolute atomic E-state index is 0.0262. The molecule has 3 N–H and O–H groups in total. The molecule has 0 aliphatic heterocycles. The Balaban J connectivity index is 2.20. The number of hydrogen-bond donors (Lipinski definition) is 2.